The predicted molar refractivity (Wildman–Crippen MR) is 106 cm³/mol. The normalized spacial score (nSPS) is 24.6. The van der Waals surface area contributed by atoms with Gasteiger partial charge < -0.3 is 10.2 Å². The van der Waals surface area contributed by atoms with Crippen LogP contribution in [0.4, 0.5) is 0 Å². The van der Waals surface area contributed by atoms with Crippen molar-refractivity contribution in [2.24, 2.45) is 0 Å². The lowest BCUT2D eigenvalue weighted by Crippen LogP contribution is -2.52. The van der Waals surface area contributed by atoms with Crippen molar-refractivity contribution in [3.63, 3.8) is 0 Å². The molecule has 0 aromatic heterocycles. The molecule has 2 unspecified atom stereocenters. The molecule has 2 amide bonds. The van der Waals surface area contributed by atoms with Crippen LogP contribution in [0.15, 0.2) is 48.5 Å². The van der Waals surface area contributed by atoms with Crippen molar-refractivity contribution in [1.29, 1.82) is 0 Å². The summed E-state index contributed by atoms with van der Waals surface area (Å²) >= 11 is 5.99. The van der Waals surface area contributed by atoms with E-state index in [0.29, 0.717) is 23.6 Å². The number of nitrogens with one attached hydrogen (secondary N) is 1. The molecule has 27 heavy (non-hydrogen) atoms. The number of carbonyl (C=O) groups is 2. The zero-order valence-electron chi connectivity index (χ0n) is 15.4. The highest BCUT2D eigenvalue weighted by Gasteiger charge is 2.47. The third-order valence-electron chi connectivity index (χ3n) is 5.78. The van der Waals surface area contributed by atoms with Crippen molar-refractivity contribution >= 4 is 23.4 Å². The number of fused-ring (bicyclic) bond motifs is 1. The maximum absolute atomic E-state index is 13.3. The van der Waals surface area contributed by atoms with Gasteiger partial charge in [0.15, 0.2) is 0 Å². The Hall–Kier alpha value is -2.33. The van der Waals surface area contributed by atoms with Crippen LogP contribution in [-0.4, -0.2) is 28.8 Å². The van der Waals surface area contributed by atoms with E-state index in [1.54, 1.807) is 24.3 Å². The van der Waals surface area contributed by atoms with Crippen LogP contribution in [0.2, 0.25) is 5.02 Å². The first-order chi connectivity index (χ1) is 13.0. The van der Waals surface area contributed by atoms with Gasteiger partial charge in [0.1, 0.15) is 5.54 Å². The Morgan fingerprint density at radius 1 is 1.22 bits per heavy atom. The van der Waals surface area contributed by atoms with Crippen molar-refractivity contribution in [2.75, 3.05) is 6.54 Å². The highest BCUT2D eigenvalue weighted by atomic mass is 35.5. The summed E-state index contributed by atoms with van der Waals surface area (Å²) < 4.78 is 0. The lowest BCUT2D eigenvalue weighted by atomic mass is 9.87. The van der Waals surface area contributed by atoms with Crippen LogP contribution in [0.25, 0.3) is 0 Å². The molecule has 1 N–H and O–H groups in total. The van der Waals surface area contributed by atoms with Crippen LogP contribution in [-0.2, 0) is 11.2 Å². The summed E-state index contributed by atoms with van der Waals surface area (Å²) in [6.45, 7) is 2.48. The van der Waals surface area contributed by atoms with Gasteiger partial charge in [-0.2, -0.15) is 0 Å². The van der Waals surface area contributed by atoms with Crippen molar-refractivity contribution in [3.8, 4) is 0 Å². The Labute approximate surface area is 164 Å². The highest BCUT2D eigenvalue weighted by molar-refractivity contribution is 6.31. The molecule has 0 radical (unpaired) electrons. The standard InChI is InChI=1S/C22H23ClN2O2/c1-22(24-20(26)16-8-4-9-17(23)14-16)12-13-25(21(22)27)19-11-5-7-15-6-2-3-10-18(15)19/h2-4,6,8-10,14,19H,5,7,11-13H2,1H3,(H,24,26). The van der Waals surface area contributed by atoms with E-state index >= 15 is 0 Å². The molecule has 0 saturated carbocycles. The summed E-state index contributed by atoms with van der Waals surface area (Å²) in [7, 11) is 0. The number of carbonyl (C=O) groups excluding carboxylic acids is 2. The van der Waals surface area contributed by atoms with Crippen LogP contribution in [0.3, 0.4) is 0 Å². The quantitative estimate of drug-likeness (QED) is 0.867. The predicted octanol–water partition coefficient (Wildman–Crippen LogP) is 4.14. The minimum Gasteiger partial charge on any atom is -0.338 e. The SMILES string of the molecule is CC1(NC(=O)c2cccc(Cl)c2)CCN(C2CCCc3ccccc32)C1=O. The largest absolute Gasteiger partial charge is 0.338 e. The van der Waals surface area contributed by atoms with E-state index in [0.717, 1.165) is 19.3 Å². The average Bonchev–Trinajstić information content (AvgIpc) is 2.96. The number of hydrogen-bond donors (Lipinski definition) is 1. The second-order valence-corrected chi connectivity index (χ2v) is 8.09. The lowest BCUT2D eigenvalue weighted by molar-refractivity contribution is -0.134. The molecule has 1 saturated heterocycles. The summed E-state index contributed by atoms with van der Waals surface area (Å²) in [5.41, 5.74) is 2.17. The lowest BCUT2D eigenvalue weighted by Gasteiger charge is -2.34. The smallest absolute Gasteiger partial charge is 0.252 e. The fourth-order valence-corrected chi connectivity index (χ4v) is 4.48. The van der Waals surface area contributed by atoms with E-state index in [1.165, 1.54) is 11.1 Å². The van der Waals surface area contributed by atoms with E-state index in [4.69, 9.17) is 11.6 Å². The molecule has 2 aromatic carbocycles. The third-order valence-corrected chi connectivity index (χ3v) is 6.01. The number of aryl methyl sites for hydroxylation is 1. The molecule has 1 aliphatic heterocycles. The van der Waals surface area contributed by atoms with Crippen LogP contribution >= 0.6 is 11.6 Å². The van der Waals surface area contributed by atoms with Gasteiger partial charge in [-0.25, -0.2) is 0 Å². The van der Waals surface area contributed by atoms with Crippen molar-refractivity contribution < 1.29 is 9.59 Å². The molecule has 4 rings (SSSR count). The number of hydrogen-bond acceptors (Lipinski definition) is 2. The van der Waals surface area contributed by atoms with E-state index in [2.05, 4.69) is 23.5 Å². The Bertz CT molecular complexity index is 897. The van der Waals surface area contributed by atoms with E-state index in [-0.39, 0.29) is 17.9 Å². The summed E-state index contributed by atoms with van der Waals surface area (Å²) in [4.78, 5) is 27.9. The molecule has 2 aromatic rings. The minimum absolute atomic E-state index is 0.000388. The number of amides is 2. The van der Waals surface area contributed by atoms with Crippen molar-refractivity contribution in [3.05, 3.63) is 70.2 Å². The molecule has 4 nitrogen and oxygen atoms in total. The van der Waals surface area contributed by atoms with Gasteiger partial charge >= 0.3 is 0 Å². The second kappa shape index (κ2) is 7.01. The maximum Gasteiger partial charge on any atom is 0.252 e. The van der Waals surface area contributed by atoms with Crippen LogP contribution in [0, 0.1) is 0 Å². The van der Waals surface area contributed by atoms with Crippen LogP contribution in [0.5, 0.6) is 0 Å². The molecule has 140 valence electrons. The summed E-state index contributed by atoms with van der Waals surface area (Å²) in [5, 5.41) is 3.46. The first-order valence-corrected chi connectivity index (χ1v) is 9.83. The third kappa shape index (κ3) is 3.34. The fraction of sp³-hybridized carbons (Fsp3) is 0.364. The molecular weight excluding hydrogens is 360 g/mol. The Morgan fingerprint density at radius 2 is 2.04 bits per heavy atom. The molecule has 2 atom stereocenters. The molecular formula is C22H23ClN2O2. The van der Waals surface area contributed by atoms with Gasteiger partial charge in [-0.1, -0.05) is 41.9 Å². The van der Waals surface area contributed by atoms with Crippen LogP contribution < -0.4 is 5.32 Å². The van der Waals surface area contributed by atoms with E-state index in [9.17, 15) is 9.59 Å². The van der Waals surface area contributed by atoms with Gasteiger partial charge in [0.25, 0.3) is 5.91 Å². The van der Waals surface area contributed by atoms with Crippen molar-refractivity contribution in [1.82, 2.24) is 10.2 Å². The maximum atomic E-state index is 13.3. The first-order valence-electron chi connectivity index (χ1n) is 9.45. The molecule has 1 heterocycles. The van der Waals surface area contributed by atoms with Gasteiger partial charge in [0.2, 0.25) is 5.91 Å². The van der Waals surface area contributed by atoms with Gasteiger partial charge in [0, 0.05) is 17.1 Å². The Kier molecular flexibility index (Phi) is 4.68. The molecule has 0 bridgehead atoms. The van der Waals surface area contributed by atoms with E-state index in [1.807, 2.05) is 17.9 Å². The fourth-order valence-electron chi connectivity index (χ4n) is 4.29. The van der Waals surface area contributed by atoms with Gasteiger partial charge in [-0.3, -0.25) is 9.59 Å². The first kappa shape index (κ1) is 18.1. The summed E-state index contributed by atoms with van der Waals surface area (Å²) in [5.74, 6) is -0.265. The molecule has 2 aliphatic rings. The number of likely N-dealkylation sites (tertiary alicyclic amines) is 1. The van der Waals surface area contributed by atoms with Gasteiger partial charge in [0.05, 0.1) is 6.04 Å². The van der Waals surface area contributed by atoms with E-state index < -0.39 is 5.54 Å². The zero-order valence-corrected chi connectivity index (χ0v) is 16.1. The number of nitrogens with zero attached hydrogens (tertiary/aromatic N) is 1. The summed E-state index contributed by atoms with van der Waals surface area (Å²) in [6, 6.07) is 15.3. The van der Waals surface area contributed by atoms with Crippen LogP contribution in [0.1, 0.15) is 53.7 Å². The zero-order chi connectivity index (χ0) is 19.0. The number of benzene rings is 2. The number of halogens is 1. The highest BCUT2D eigenvalue weighted by Crippen LogP contribution is 2.38. The Balaban J connectivity index is 1.54. The molecule has 0 spiro atoms. The van der Waals surface area contributed by atoms with Crippen molar-refractivity contribution in [2.45, 2.75) is 44.2 Å². The monoisotopic (exact) mass is 382 g/mol. The number of rotatable bonds is 3. The topological polar surface area (TPSA) is 49.4 Å². The summed E-state index contributed by atoms with van der Waals surface area (Å²) in [6.07, 6.45) is 3.73. The molecule has 5 heteroatoms. The molecule has 1 aliphatic carbocycles. The van der Waals surface area contributed by atoms with Gasteiger partial charge in [-0.05, 0) is 61.9 Å². The molecule has 1 fully saturated rings. The average molecular weight is 383 g/mol. The minimum atomic E-state index is -0.883. The van der Waals surface area contributed by atoms with Gasteiger partial charge in [-0.15, -0.1) is 0 Å². The second-order valence-electron chi connectivity index (χ2n) is 7.65. The Morgan fingerprint density at radius 3 is 2.85 bits per heavy atom.